The molecule has 0 saturated heterocycles. The fraction of sp³-hybridized carbons (Fsp3) is 0.647. The Morgan fingerprint density at radius 2 is 1.95 bits per heavy atom. The Balaban J connectivity index is 2.44. The van der Waals surface area contributed by atoms with Gasteiger partial charge in [-0.25, -0.2) is 8.78 Å². The van der Waals surface area contributed by atoms with Gasteiger partial charge in [-0.1, -0.05) is 19.8 Å². The van der Waals surface area contributed by atoms with E-state index in [0.29, 0.717) is 25.6 Å². The van der Waals surface area contributed by atoms with E-state index in [9.17, 15) is 8.78 Å². The first-order valence-electron chi connectivity index (χ1n) is 7.73. The molecule has 21 heavy (non-hydrogen) atoms. The van der Waals surface area contributed by atoms with Gasteiger partial charge in [0.2, 0.25) is 0 Å². The quantitative estimate of drug-likeness (QED) is 0.439. The van der Waals surface area contributed by atoms with Crippen LogP contribution in [0.2, 0.25) is 0 Å². The van der Waals surface area contributed by atoms with E-state index in [1.165, 1.54) is 18.9 Å². The van der Waals surface area contributed by atoms with Gasteiger partial charge >= 0.3 is 0 Å². The molecule has 2 nitrogen and oxygen atoms in total. The van der Waals surface area contributed by atoms with Gasteiger partial charge in [0.15, 0.2) is 11.6 Å². The monoisotopic (exact) mass is 300 g/mol. The molecule has 0 aliphatic heterocycles. The molecule has 1 aliphatic carbocycles. The Kier molecular flexibility index (Phi) is 8.79. The molecule has 0 radical (unpaired) electrons. The molecule has 1 rings (SSSR count). The summed E-state index contributed by atoms with van der Waals surface area (Å²) in [5, 5.41) is 0. The van der Waals surface area contributed by atoms with Crippen LogP contribution in [0.25, 0.3) is 0 Å². The normalized spacial score (nSPS) is 24.4. The largest absolute Gasteiger partial charge is 0.502 e. The van der Waals surface area contributed by atoms with E-state index in [4.69, 9.17) is 9.47 Å². The summed E-state index contributed by atoms with van der Waals surface area (Å²) in [7, 11) is 0. The van der Waals surface area contributed by atoms with Crippen LogP contribution in [0.3, 0.4) is 0 Å². The summed E-state index contributed by atoms with van der Waals surface area (Å²) in [5.41, 5.74) is 0. The number of ether oxygens (including phenoxy) is 2. The summed E-state index contributed by atoms with van der Waals surface area (Å²) in [6.07, 6.45) is 9.77. The first-order valence-corrected chi connectivity index (χ1v) is 7.73. The number of hydrogen-bond donors (Lipinski definition) is 0. The Morgan fingerprint density at radius 1 is 1.24 bits per heavy atom. The molecule has 0 N–H and O–H groups in total. The van der Waals surface area contributed by atoms with Crippen molar-refractivity contribution >= 4 is 0 Å². The average molecular weight is 300 g/mol. The average Bonchev–Trinajstić information content (AvgIpc) is 2.51. The number of halogens is 2. The third-order valence-corrected chi connectivity index (χ3v) is 3.74. The second-order valence-electron chi connectivity index (χ2n) is 5.53. The topological polar surface area (TPSA) is 18.5 Å². The summed E-state index contributed by atoms with van der Waals surface area (Å²) in [6.45, 7) is 5.17. The van der Waals surface area contributed by atoms with Crippen molar-refractivity contribution in [2.24, 2.45) is 11.8 Å². The van der Waals surface area contributed by atoms with Crippen LogP contribution in [0.15, 0.2) is 36.3 Å². The highest BCUT2D eigenvalue weighted by Crippen LogP contribution is 2.29. The fourth-order valence-electron chi connectivity index (χ4n) is 2.38. The van der Waals surface area contributed by atoms with Crippen LogP contribution in [0.5, 0.6) is 0 Å². The summed E-state index contributed by atoms with van der Waals surface area (Å²) in [5.74, 6) is 0.236. The predicted octanol–water partition coefficient (Wildman–Crippen LogP) is 5.43. The van der Waals surface area contributed by atoms with Crippen molar-refractivity contribution in [1.82, 2.24) is 0 Å². The zero-order valence-electron chi connectivity index (χ0n) is 13.0. The first-order chi connectivity index (χ1) is 10.2. The molecule has 0 aromatic carbocycles. The maximum atomic E-state index is 13.4. The van der Waals surface area contributed by atoms with E-state index >= 15 is 0 Å². The van der Waals surface area contributed by atoms with Gasteiger partial charge in [0, 0.05) is 0 Å². The van der Waals surface area contributed by atoms with E-state index in [1.54, 1.807) is 12.3 Å². The molecule has 1 fully saturated rings. The second-order valence-corrected chi connectivity index (χ2v) is 5.53. The summed E-state index contributed by atoms with van der Waals surface area (Å²) < 4.78 is 36.3. The highest BCUT2D eigenvalue weighted by atomic mass is 19.2. The lowest BCUT2D eigenvalue weighted by molar-refractivity contribution is 0.129. The third-order valence-electron chi connectivity index (χ3n) is 3.74. The molecule has 0 spiro atoms. The smallest absolute Gasteiger partial charge is 0.192 e. The standard InChI is InChI=1S/C17H26F2O2/c1-3-20-11-5-4-6-17(16(19)12-18)21-13-15-9-7-14(2)8-10-15/h5-6,11-12,14-15H,3-4,7-10,13H2,1-2H3/b11-5+,16-12-,17-6+. The van der Waals surface area contributed by atoms with Crippen LogP contribution < -0.4 is 0 Å². The molecular formula is C17H26F2O2. The lowest BCUT2D eigenvalue weighted by Crippen LogP contribution is -2.17. The minimum absolute atomic E-state index is 0.0164. The first kappa shape index (κ1) is 17.7. The van der Waals surface area contributed by atoms with Gasteiger partial charge in [0.25, 0.3) is 0 Å². The Hall–Kier alpha value is -1.32. The maximum absolute atomic E-state index is 13.4. The SMILES string of the molecule is CCO/C=C/C/C=C(OCC1CCC(C)CC1)\C(F)=C\F. The van der Waals surface area contributed by atoms with Crippen LogP contribution in [0, 0.1) is 11.8 Å². The van der Waals surface area contributed by atoms with E-state index in [1.807, 2.05) is 6.92 Å². The number of hydrogen-bond acceptors (Lipinski definition) is 2. The molecule has 4 heteroatoms. The molecule has 0 atom stereocenters. The van der Waals surface area contributed by atoms with Crippen molar-refractivity contribution in [2.75, 3.05) is 13.2 Å². The Labute approximate surface area is 126 Å². The molecule has 0 aromatic rings. The van der Waals surface area contributed by atoms with Crippen molar-refractivity contribution in [1.29, 1.82) is 0 Å². The minimum atomic E-state index is -0.955. The van der Waals surface area contributed by atoms with Crippen LogP contribution in [-0.4, -0.2) is 13.2 Å². The molecule has 1 aliphatic rings. The summed E-state index contributed by atoms with van der Waals surface area (Å²) in [4.78, 5) is 0. The lowest BCUT2D eigenvalue weighted by atomic mass is 9.83. The number of allylic oxidation sites excluding steroid dienone is 3. The van der Waals surface area contributed by atoms with Gasteiger partial charge in [-0.2, -0.15) is 0 Å². The minimum Gasteiger partial charge on any atom is -0.502 e. The third kappa shape index (κ3) is 7.30. The number of rotatable bonds is 8. The molecule has 0 amide bonds. The predicted molar refractivity (Wildman–Crippen MR) is 80.8 cm³/mol. The van der Waals surface area contributed by atoms with Crippen LogP contribution in [0.4, 0.5) is 8.78 Å². The van der Waals surface area contributed by atoms with E-state index in [0.717, 1.165) is 18.8 Å². The van der Waals surface area contributed by atoms with Gasteiger partial charge in [-0.3, -0.25) is 0 Å². The van der Waals surface area contributed by atoms with Crippen molar-refractivity contribution < 1.29 is 18.3 Å². The maximum Gasteiger partial charge on any atom is 0.192 e. The van der Waals surface area contributed by atoms with Crippen LogP contribution >= 0.6 is 0 Å². The molecule has 0 unspecified atom stereocenters. The Bertz CT molecular complexity index is 367. The highest BCUT2D eigenvalue weighted by Gasteiger charge is 2.19. The van der Waals surface area contributed by atoms with Crippen molar-refractivity contribution in [3.8, 4) is 0 Å². The lowest BCUT2D eigenvalue weighted by Gasteiger charge is -2.26. The molecule has 120 valence electrons. The zero-order valence-corrected chi connectivity index (χ0v) is 13.0. The molecule has 1 saturated carbocycles. The van der Waals surface area contributed by atoms with Gasteiger partial charge in [-0.05, 0) is 50.2 Å². The van der Waals surface area contributed by atoms with Gasteiger partial charge in [0.05, 0.1) is 19.5 Å². The van der Waals surface area contributed by atoms with Crippen molar-refractivity contribution in [2.45, 2.75) is 46.0 Å². The zero-order chi connectivity index (χ0) is 15.5. The van der Waals surface area contributed by atoms with E-state index < -0.39 is 5.83 Å². The Morgan fingerprint density at radius 3 is 2.57 bits per heavy atom. The van der Waals surface area contributed by atoms with Crippen LogP contribution in [0.1, 0.15) is 46.0 Å². The second kappa shape index (κ2) is 10.4. The molecule has 0 heterocycles. The summed E-state index contributed by atoms with van der Waals surface area (Å²) in [6, 6.07) is 0. The highest BCUT2D eigenvalue weighted by molar-refractivity contribution is 5.18. The summed E-state index contributed by atoms with van der Waals surface area (Å²) >= 11 is 0. The van der Waals surface area contributed by atoms with Gasteiger partial charge < -0.3 is 9.47 Å². The fourth-order valence-corrected chi connectivity index (χ4v) is 2.38. The van der Waals surface area contributed by atoms with E-state index in [-0.39, 0.29) is 12.1 Å². The molecule has 0 bridgehead atoms. The van der Waals surface area contributed by atoms with Crippen molar-refractivity contribution in [3.05, 3.63) is 36.3 Å². The van der Waals surface area contributed by atoms with Crippen molar-refractivity contribution in [3.63, 3.8) is 0 Å². The van der Waals surface area contributed by atoms with Crippen LogP contribution in [-0.2, 0) is 9.47 Å². The van der Waals surface area contributed by atoms with Gasteiger partial charge in [0.1, 0.15) is 6.33 Å². The molecule has 0 aromatic heterocycles. The molecular weight excluding hydrogens is 274 g/mol. The van der Waals surface area contributed by atoms with Gasteiger partial charge in [-0.15, -0.1) is 0 Å². The van der Waals surface area contributed by atoms with E-state index in [2.05, 4.69) is 6.92 Å².